The van der Waals surface area contributed by atoms with Gasteiger partial charge in [0.05, 0.1) is 29.4 Å². The number of aryl methyl sites for hydroxylation is 1. The normalized spacial score (nSPS) is 11.9. The van der Waals surface area contributed by atoms with Crippen molar-refractivity contribution < 1.29 is 18.7 Å². The number of carbonyl (C=O) groups excluding carboxylic acids is 2. The van der Waals surface area contributed by atoms with Crippen LogP contribution in [0.25, 0.3) is 21.5 Å². The minimum absolute atomic E-state index is 0.0773. The molecule has 0 aliphatic carbocycles. The van der Waals surface area contributed by atoms with E-state index in [-0.39, 0.29) is 12.3 Å². The molecule has 4 rings (SSSR count). The van der Waals surface area contributed by atoms with Crippen molar-refractivity contribution in [3.63, 3.8) is 0 Å². The summed E-state index contributed by atoms with van der Waals surface area (Å²) in [4.78, 5) is 35.1. The molecule has 0 aliphatic rings. The maximum atomic E-state index is 12.6. The number of ether oxygens (including phenoxy) is 1. The van der Waals surface area contributed by atoms with E-state index in [1.807, 2.05) is 54.6 Å². The monoisotopic (exact) mass is 449 g/mol. The third-order valence-electron chi connectivity index (χ3n) is 4.90. The number of carbonyl (C=O) groups is 2. The molecule has 8 heteroatoms. The Bertz CT molecular complexity index is 1190. The second-order valence-electron chi connectivity index (χ2n) is 7.39. The number of nitrogens with zero attached hydrogens (tertiary/aromatic N) is 3. The molecule has 2 heterocycles. The highest BCUT2D eigenvalue weighted by atomic mass is 32.1. The molecular formula is C24H23N3O4S. The van der Waals surface area contributed by atoms with Gasteiger partial charge in [0.1, 0.15) is 5.01 Å². The number of hydrogen-bond acceptors (Lipinski definition) is 7. The zero-order chi connectivity index (χ0) is 22.5. The smallest absolute Gasteiger partial charge is 0.307 e. The fourth-order valence-corrected chi connectivity index (χ4v) is 4.28. The molecule has 2 aromatic heterocycles. The predicted octanol–water partition coefficient (Wildman–Crippen LogP) is 4.47. The number of thiazole rings is 1. The van der Waals surface area contributed by atoms with Gasteiger partial charge in [-0.05, 0) is 19.1 Å². The zero-order valence-corrected chi connectivity index (χ0v) is 18.7. The van der Waals surface area contributed by atoms with Gasteiger partial charge in [-0.1, -0.05) is 42.5 Å². The van der Waals surface area contributed by atoms with Crippen LogP contribution in [0.2, 0.25) is 0 Å². The quantitative estimate of drug-likeness (QED) is 0.369. The summed E-state index contributed by atoms with van der Waals surface area (Å²) >= 11 is 1.54. The molecule has 0 bridgehead atoms. The number of benzene rings is 2. The number of oxazole rings is 1. The van der Waals surface area contributed by atoms with Crippen LogP contribution in [0.15, 0.2) is 65.2 Å². The molecule has 32 heavy (non-hydrogen) atoms. The number of hydrogen-bond donors (Lipinski definition) is 0. The number of likely N-dealkylation sites (N-methyl/N-ethyl adjacent to an activating group) is 1. The summed E-state index contributed by atoms with van der Waals surface area (Å²) in [6, 6.07) is 17.5. The summed E-state index contributed by atoms with van der Waals surface area (Å²) in [5.41, 5.74) is 1.83. The fourth-order valence-electron chi connectivity index (χ4n) is 3.26. The maximum absolute atomic E-state index is 12.6. The van der Waals surface area contributed by atoms with E-state index in [9.17, 15) is 9.59 Å². The van der Waals surface area contributed by atoms with Crippen molar-refractivity contribution in [2.75, 3.05) is 7.05 Å². The van der Waals surface area contributed by atoms with Crippen LogP contribution >= 0.6 is 11.3 Å². The summed E-state index contributed by atoms with van der Waals surface area (Å²) < 4.78 is 12.1. The zero-order valence-electron chi connectivity index (χ0n) is 17.9. The Morgan fingerprint density at radius 2 is 1.88 bits per heavy atom. The Morgan fingerprint density at radius 1 is 1.12 bits per heavy atom. The Labute approximate surface area is 189 Å². The van der Waals surface area contributed by atoms with E-state index >= 15 is 0 Å². The topological polar surface area (TPSA) is 85.5 Å². The van der Waals surface area contributed by atoms with Crippen molar-refractivity contribution in [1.82, 2.24) is 14.9 Å². The first-order valence-electron chi connectivity index (χ1n) is 10.3. The van der Waals surface area contributed by atoms with Gasteiger partial charge in [0, 0.05) is 19.0 Å². The molecule has 7 nitrogen and oxygen atoms in total. The van der Waals surface area contributed by atoms with E-state index < -0.39 is 12.1 Å². The van der Waals surface area contributed by atoms with Gasteiger partial charge >= 0.3 is 5.97 Å². The molecule has 1 amide bonds. The minimum atomic E-state index is -0.883. The van der Waals surface area contributed by atoms with E-state index in [1.165, 1.54) is 4.90 Å². The molecule has 0 radical (unpaired) electrons. The number of aromatic nitrogens is 2. The van der Waals surface area contributed by atoms with Crippen molar-refractivity contribution >= 4 is 33.4 Å². The lowest BCUT2D eigenvalue weighted by atomic mass is 10.2. The van der Waals surface area contributed by atoms with Crippen molar-refractivity contribution in [3.05, 3.63) is 71.7 Å². The second kappa shape index (κ2) is 9.74. The largest absolute Gasteiger partial charge is 0.453 e. The Morgan fingerprint density at radius 3 is 2.66 bits per heavy atom. The number of rotatable bonds is 8. The van der Waals surface area contributed by atoms with Crippen molar-refractivity contribution in [2.45, 2.75) is 32.4 Å². The average Bonchev–Trinajstić information content (AvgIpc) is 3.44. The van der Waals surface area contributed by atoms with E-state index in [1.54, 1.807) is 31.5 Å². The van der Waals surface area contributed by atoms with Gasteiger partial charge in [-0.25, -0.2) is 9.97 Å². The van der Waals surface area contributed by atoms with Crippen LogP contribution in [-0.2, 0) is 27.3 Å². The predicted molar refractivity (Wildman–Crippen MR) is 122 cm³/mol. The lowest BCUT2D eigenvalue weighted by Gasteiger charge is -2.20. The van der Waals surface area contributed by atoms with Gasteiger partial charge in [-0.2, -0.15) is 0 Å². The summed E-state index contributed by atoms with van der Waals surface area (Å²) in [5, 5.41) is 0.832. The van der Waals surface area contributed by atoms with Crippen LogP contribution in [0.3, 0.4) is 0 Å². The number of fused-ring (bicyclic) bond motifs is 1. The van der Waals surface area contributed by atoms with Crippen LogP contribution in [-0.4, -0.2) is 39.9 Å². The number of esters is 1. The highest BCUT2D eigenvalue weighted by molar-refractivity contribution is 7.18. The molecule has 0 saturated carbocycles. The van der Waals surface area contributed by atoms with Gasteiger partial charge in [0.15, 0.2) is 17.8 Å². The third-order valence-corrected chi connectivity index (χ3v) is 5.92. The number of amides is 1. The van der Waals surface area contributed by atoms with Crippen LogP contribution in [0, 0.1) is 0 Å². The molecule has 1 atom stereocenters. The highest BCUT2D eigenvalue weighted by Crippen LogP contribution is 2.23. The Balaban J connectivity index is 1.26. The Kier molecular flexibility index (Phi) is 6.61. The average molecular weight is 450 g/mol. The van der Waals surface area contributed by atoms with Crippen molar-refractivity contribution in [3.8, 4) is 11.3 Å². The molecule has 0 N–H and O–H groups in total. The summed E-state index contributed by atoms with van der Waals surface area (Å²) in [6.07, 6.45) is 1.13. The van der Waals surface area contributed by atoms with Gasteiger partial charge in [0.25, 0.3) is 5.91 Å². The van der Waals surface area contributed by atoms with Crippen LogP contribution in [0.4, 0.5) is 0 Å². The minimum Gasteiger partial charge on any atom is -0.453 e. The van der Waals surface area contributed by atoms with Crippen LogP contribution in [0.1, 0.15) is 24.2 Å². The van der Waals surface area contributed by atoms with E-state index in [4.69, 9.17) is 9.15 Å². The molecule has 2 aromatic carbocycles. The van der Waals surface area contributed by atoms with Gasteiger partial charge in [-0.15, -0.1) is 11.3 Å². The number of para-hydroxylation sites is 1. The summed E-state index contributed by atoms with van der Waals surface area (Å²) in [7, 11) is 1.68. The molecule has 1 unspecified atom stereocenters. The molecule has 164 valence electrons. The maximum Gasteiger partial charge on any atom is 0.307 e. The molecular weight excluding hydrogens is 426 g/mol. The molecule has 0 spiro atoms. The van der Waals surface area contributed by atoms with E-state index in [2.05, 4.69) is 9.97 Å². The standard InChI is InChI=1S/C24H23N3O4S/c1-16(24(29)27(2)15-22-26-18-10-6-7-11-20(18)32-22)30-23(28)13-12-21-25-14-19(31-21)17-8-4-3-5-9-17/h3-11,14,16H,12-13,15H2,1-2H3. The lowest BCUT2D eigenvalue weighted by Crippen LogP contribution is -2.37. The highest BCUT2D eigenvalue weighted by Gasteiger charge is 2.22. The third kappa shape index (κ3) is 5.20. The van der Waals surface area contributed by atoms with Gasteiger partial charge in [-0.3, -0.25) is 9.59 Å². The Hall–Kier alpha value is -3.52. The van der Waals surface area contributed by atoms with Crippen LogP contribution < -0.4 is 0 Å². The van der Waals surface area contributed by atoms with Crippen LogP contribution in [0.5, 0.6) is 0 Å². The summed E-state index contributed by atoms with van der Waals surface area (Å²) in [6.45, 7) is 1.94. The molecule has 4 aromatic rings. The van der Waals surface area contributed by atoms with Gasteiger partial charge in [0.2, 0.25) is 0 Å². The van der Waals surface area contributed by atoms with E-state index in [0.29, 0.717) is 24.6 Å². The molecule has 0 fully saturated rings. The van der Waals surface area contributed by atoms with E-state index in [0.717, 1.165) is 20.8 Å². The molecule has 0 saturated heterocycles. The fraction of sp³-hybridized carbons (Fsp3) is 0.250. The molecule has 0 aliphatic heterocycles. The first-order chi connectivity index (χ1) is 15.5. The van der Waals surface area contributed by atoms with Gasteiger partial charge < -0.3 is 14.1 Å². The summed E-state index contributed by atoms with van der Waals surface area (Å²) in [5.74, 6) is 0.348. The van der Waals surface area contributed by atoms with Crippen molar-refractivity contribution in [1.29, 1.82) is 0 Å². The SMILES string of the molecule is CC(OC(=O)CCc1ncc(-c2ccccc2)o1)C(=O)N(C)Cc1nc2ccccc2s1. The second-order valence-corrected chi connectivity index (χ2v) is 8.50. The lowest BCUT2D eigenvalue weighted by molar-refractivity contribution is -0.158. The first-order valence-corrected chi connectivity index (χ1v) is 11.1. The van der Waals surface area contributed by atoms with Crippen molar-refractivity contribution in [2.24, 2.45) is 0 Å². The first kappa shape index (κ1) is 21.7.